The molecule has 1 aliphatic heterocycles. The predicted molar refractivity (Wildman–Crippen MR) is 93.0 cm³/mol. The molecule has 0 aromatic heterocycles. The van der Waals surface area contributed by atoms with Crippen LogP contribution in [0.1, 0.15) is 31.2 Å². The lowest BCUT2D eigenvalue weighted by Gasteiger charge is -2.26. The fourth-order valence-electron chi connectivity index (χ4n) is 3.10. The van der Waals surface area contributed by atoms with Gasteiger partial charge in [0.05, 0.1) is 19.8 Å². The molecule has 1 atom stereocenters. The number of nitrogens with zero attached hydrogens (tertiary/aromatic N) is 1. The van der Waals surface area contributed by atoms with Crippen LogP contribution in [0.3, 0.4) is 0 Å². The summed E-state index contributed by atoms with van der Waals surface area (Å²) in [6.07, 6.45) is 4.89. The molecule has 3 rings (SSSR count). The third-order valence-corrected chi connectivity index (χ3v) is 4.71. The molecule has 1 aromatic carbocycles. The number of nitrogens with one attached hydrogen (secondary N) is 1. The van der Waals surface area contributed by atoms with Crippen molar-refractivity contribution in [2.24, 2.45) is 5.92 Å². The summed E-state index contributed by atoms with van der Waals surface area (Å²) in [4.78, 5) is 14.6. The second kappa shape index (κ2) is 8.49. The highest BCUT2D eigenvalue weighted by molar-refractivity contribution is 5.78. The topological polar surface area (TPSA) is 50.8 Å². The molecule has 1 N–H and O–H groups in total. The number of benzene rings is 1. The van der Waals surface area contributed by atoms with Crippen LogP contribution < -0.4 is 10.1 Å². The van der Waals surface area contributed by atoms with Gasteiger partial charge in [0.2, 0.25) is 5.91 Å². The van der Waals surface area contributed by atoms with Gasteiger partial charge in [-0.2, -0.15) is 0 Å². The van der Waals surface area contributed by atoms with Gasteiger partial charge < -0.3 is 19.7 Å². The molecule has 1 aromatic rings. The van der Waals surface area contributed by atoms with Gasteiger partial charge in [0.15, 0.2) is 0 Å². The van der Waals surface area contributed by atoms with Crippen molar-refractivity contribution in [1.29, 1.82) is 0 Å². The van der Waals surface area contributed by atoms with E-state index in [1.165, 1.54) is 12.8 Å². The highest BCUT2D eigenvalue weighted by Gasteiger charge is 2.24. The van der Waals surface area contributed by atoms with Gasteiger partial charge in [0.1, 0.15) is 5.75 Å². The predicted octanol–water partition coefficient (Wildman–Crippen LogP) is 2.20. The molecular formula is C19H28N2O3. The van der Waals surface area contributed by atoms with Crippen molar-refractivity contribution in [1.82, 2.24) is 10.2 Å². The number of ether oxygens (including phenoxy) is 2. The minimum Gasteiger partial charge on any atom is -0.497 e. The van der Waals surface area contributed by atoms with Gasteiger partial charge in [-0.3, -0.25) is 4.79 Å². The van der Waals surface area contributed by atoms with E-state index in [-0.39, 0.29) is 12.0 Å². The van der Waals surface area contributed by atoms with E-state index in [1.807, 2.05) is 29.2 Å². The first-order valence-corrected chi connectivity index (χ1v) is 8.97. The summed E-state index contributed by atoms with van der Waals surface area (Å²) in [6, 6.07) is 7.92. The molecule has 1 unspecified atom stereocenters. The van der Waals surface area contributed by atoms with Gasteiger partial charge in [-0.25, -0.2) is 0 Å². The highest BCUT2D eigenvalue weighted by atomic mass is 16.5. The van der Waals surface area contributed by atoms with Crippen LogP contribution in [-0.4, -0.2) is 50.3 Å². The van der Waals surface area contributed by atoms with Gasteiger partial charge in [-0.05, 0) is 55.8 Å². The number of methoxy groups -OCH3 is 1. The zero-order valence-electron chi connectivity index (χ0n) is 14.5. The summed E-state index contributed by atoms with van der Waals surface area (Å²) < 4.78 is 11.0. The molecule has 1 saturated heterocycles. The minimum atomic E-state index is 0.147. The Kier molecular flexibility index (Phi) is 6.10. The molecule has 1 aliphatic carbocycles. The second-order valence-corrected chi connectivity index (χ2v) is 6.84. The number of rotatable bonds is 9. The Morgan fingerprint density at radius 3 is 2.96 bits per heavy atom. The molecule has 5 heteroatoms. The van der Waals surface area contributed by atoms with Crippen molar-refractivity contribution in [2.75, 3.05) is 33.4 Å². The Morgan fingerprint density at radius 2 is 2.25 bits per heavy atom. The van der Waals surface area contributed by atoms with Crippen molar-refractivity contribution in [3.63, 3.8) is 0 Å². The molecule has 0 bridgehead atoms. The lowest BCUT2D eigenvalue weighted by molar-refractivity contribution is -0.132. The molecule has 1 saturated carbocycles. The van der Waals surface area contributed by atoms with Gasteiger partial charge in [0, 0.05) is 19.7 Å². The number of carbonyl (C=O) groups is 1. The maximum absolute atomic E-state index is 12.7. The van der Waals surface area contributed by atoms with Crippen LogP contribution in [0.4, 0.5) is 0 Å². The van der Waals surface area contributed by atoms with Gasteiger partial charge in [-0.1, -0.05) is 12.1 Å². The lowest BCUT2D eigenvalue weighted by Crippen LogP contribution is -2.42. The SMILES string of the molecule is COc1cccc(CN(CC2CCCO2)C(=O)CNCC2CC2)c1. The Morgan fingerprint density at radius 1 is 1.38 bits per heavy atom. The fourth-order valence-corrected chi connectivity index (χ4v) is 3.10. The average molecular weight is 332 g/mol. The average Bonchev–Trinajstić information content (AvgIpc) is 3.28. The molecular weight excluding hydrogens is 304 g/mol. The molecule has 132 valence electrons. The highest BCUT2D eigenvalue weighted by Crippen LogP contribution is 2.27. The Balaban J connectivity index is 1.59. The van der Waals surface area contributed by atoms with Crippen molar-refractivity contribution >= 4 is 5.91 Å². The number of carbonyl (C=O) groups excluding carboxylic acids is 1. The quantitative estimate of drug-likeness (QED) is 0.753. The molecule has 5 nitrogen and oxygen atoms in total. The minimum absolute atomic E-state index is 0.147. The summed E-state index contributed by atoms with van der Waals surface area (Å²) >= 11 is 0. The number of hydrogen-bond donors (Lipinski definition) is 1. The summed E-state index contributed by atoms with van der Waals surface area (Å²) in [7, 11) is 1.66. The van der Waals surface area contributed by atoms with Crippen molar-refractivity contribution in [3.8, 4) is 5.75 Å². The standard InChI is InChI=1S/C19H28N2O3/c1-23-17-5-2-4-16(10-17)13-21(14-18-6-3-9-24-18)19(22)12-20-11-15-7-8-15/h2,4-5,10,15,18,20H,3,6-9,11-14H2,1H3. The van der Waals surface area contributed by atoms with E-state index in [0.29, 0.717) is 19.6 Å². The maximum Gasteiger partial charge on any atom is 0.236 e. The third kappa shape index (κ3) is 5.21. The summed E-state index contributed by atoms with van der Waals surface area (Å²) in [5, 5.41) is 3.30. The van der Waals surface area contributed by atoms with E-state index in [1.54, 1.807) is 7.11 Å². The van der Waals surface area contributed by atoms with Crippen molar-refractivity contribution < 1.29 is 14.3 Å². The molecule has 2 aliphatic rings. The van der Waals surface area contributed by atoms with Crippen LogP contribution >= 0.6 is 0 Å². The molecule has 1 amide bonds. The monoisotopic (exact) mass is 332 g/mol. The largest absolute Gasteiger partial charge is 0.497 e. The van der Waals surface area contributed by atoms with E-state index < -0.39 is 0 Å². The summed E-state index contributed by atoms with van der Waals surface area (Å²) in [5.74, 6) is 1.75. The zero-order chi connectivity index (χ0) is 16.8. The van der Waals surface area contributed by atoms with Gasteiger partial charge >= 0.3 is 0 Å². The van der Waals surface area contributed by atoms with Gasteiger partial charge in [0.25, 0.3) is 0 Å². The van der Waals surface area contributed by atoms with Crippen molar-refractivity contribution in [2.45, 2.75) is 38.3 Å². The molecule has 0 spiro atoms. The smallest absolute Gasteiger partial charge is 0.236 e. The maximum atomic E-state index is 12.7. The van der Waals surface area contributed by atoms with E-state index in [4.69, 9.17) is 9.47 Å². The Hall–Kier alpha value is -1.59. The van der Waals surface area contributed by atoms with E-state index >= 15 is 0 Å². The molecule has 24 heavy (non-hydrogen) atoms. The van der Waals surface area contributed by atoms with Crippen LogP contribution in [0.15, 0.2) is 24.3 Å². The molecule has 1 heterocycles. The van der Waals surface area contributed by atoms with E-state index in [9.17, 15) is 4.79 Å². The first kappa shape index (κ1) is 17.2. The molecule has 2 fully saturated rings. The van der Waals surface area contributed by atoms with Crippen LogP contribution in [0.5, 0.6) is 5.75 Å². The number of amides is 1. The van der Waals surface area contributed by atoms with Crippen LogP contribution in [0.25, 0.3) is 0 Å². The normalized spacial score (nSPS) is 20.1. The van der Waals surface area contributed by atoms with E-state index in [0.717, 1.165) is 43.2 Å². The van der Waals surface area contributed by atoms with Crippen molar-refractivity contribution in [3.05, 3.63) is 29.8 Å². The molecule has 0 radical (unpaired) electrons. The van der Waals surface area contributed by atoms with Gasteiger partial charge in [-0.15, -0.1) is 0 Å². The first-order chi connectivity index (χ1) is 11.7. The fraction of sp³-hybridized carbons (Fsp3) is 0.632. The van der Waals surface area contributed by atoms with E-state index in [2.05, 4.69) is 5.32 Å². The summed E-state index contributed by atoms with van der Waals surface area (Å²) in [5.41, 5.74) is 1.09. The lowest BCUT2D eigenvalue weighted by atomic mass is 10.1. The van der Waals surface area contributed by atoms with Crippen LogP contribution in [0, 0.1) is 5.92 Å². The second-order valence-electron chi connectivity index (χ2n) is 6.84. The van der Waals surface area contributed by atoms with Crippen LogP contribution in [-0.2, 0) is 16.1 Å². The Labute approximate surface area is 144 Å². The third-order valence-electron chi connectivity index (χ3n) is 4.71. The summed E-state index contributed by atoms with van der Waals surface area (Å²) in [6.45, 7) is 3.44. The zero-order valence-corrected chi connectivity index (χ0v) is 14.5. The number of hydrogen-bond acceptors (Lipinski definition) is 4. The first-order valence-electron chi connectivity index (χ1n) is 8.97. The van der Waals surface area contributed by atoms with Crippen LogP contribution in [0.2, 0.25) is 0 Å². The Bertz CT molecular complexity index is 539.